The van der Waals surface area contributed by atoms with Gasteiger partial charge in [-0.05, 0) is 54.7 Å². The lowest BCUT2D eigenvalue weighted by Crippen LogP contribution is -2.13. The quantitative estimate of drug-likeness (QED) is 0.815. The average Bonchev–Trinajstić information content (AvgIpc) is 2.42. The van der Waals surface area contributed by atoms with Crippen molar-refractivity contribution in [1.29, 1.82) is 0 Å². The topological polar surface area (TPSA) is 29.1 Å². The van der Waals surface area contributed by atoms with Gasteiger partial charge in [-0.2, -0.15) is 0 Å². The summed E-state index contributed by atoms with van der Waals surface area (Å²) in [5.74, 6) is 0.315. The molecule has 0 fully saturated rings. The highest BCUT2D eigenvalue weighted by Crippen LogP contribution is 2.28. The van der Waals surface area contributed by atoms with E-state index in [-0.39, 0.29) is 5.91 Å². The van der Waals surface area contributed by atoms with Crippen LogP contribution in [0.15, 0.2) is 36.4 Å². The first-order valence-electron chi connectivity index (χ1n) is 7.06. The van der Waals surface area contributed by atoms with Crippen molar-refractivity contribution in [3.63, 3.8) is 0 Å². The van der Waals surface area contributed by atoms with Crippen LogP contribution in [-0.4, -0.2) is 5.91 Å². The number of anilines is 1. The minimum Gasteiger partial charge on any atom is -0.320 e. The summed E-state index contributed by atoms with van der Waals surface area (Å²) in [4.78, 5) is 12.3. The van der Waals surface area contributed by atoms with Gasteiger partial charge in [0.05, 0.1) is 10.7 Å². The number of amides is 1. The van der Waals surface area contributed by atoms with Crippen molar-refractivity contribution in [2.75, 3.05) is 5.32 Å². The van der Waals surface area contributed by atoms with Crippen molar-refractivity contribution in [1.82, 2.24) is 0 Å². The van der Waals surface area contributed by atoms with Gasteiger partial charge in [-0.3, -0.25) is 4.79 Å². The largest absolute Gasteiger partial charge is 0.320 e. The highest BCUT2D eigenvalue weighted by Gasteiger charge is 2.11. The molecule has 1 N–H and O–H groups in total. The van der Waals surface area contributed by atoms with Gasteiger partial charge >= 0.3 is 0 Å². The van der Waals surface area contributed by atoms with Gasteiger partial charge in [0.25, 0.3) is 5.91 Å². The van der Waals surface area contributed by atoms with E-state index in [0.717, 1.165) is 11.1 Å². The molecule has 0 aliphatic rings. The fraction of sp³-hybridized carbons (Fsp3) is 0.278. The van der Waals surface area contributed by atoms with Crippen LogP contribution in [0.2, 0.25) is 5.02 Å². The van der Waals surface area contributed by atoms with Crippen molar-refractivity contribution in [2.45, 2.75) is 33.6 Å². The lowest BCUT2D eigenvalue weighted by molar-refractivity contribution is 0.102. The van der Waals surface area contributed by atoms with E-state index >= 15 is 0 Å². The van der Waals surface area contributed by atoms with Gasteiger partial charge < -0.3 is 5.32 Å². The Labute approximate surface area is 131 Å². The number of halogens is 1. The zero-order valence-electron chi connectivity index (χ0n) is 12.8. The molecule has 0 aliphatic heterocycles. The van der Waals surface area contributed by atoms with Crippen molar-refractivity contribution in [3.8, 4) is 0 Å². The van der Waals surface area contributed by atoms with E-state index < -0.39 is 0 Å². The predicted octanol–water partition coefficient (Wildman–Crippen LogP) is 5.33. The highest BCUT2D eigenvalue weighted by molar-refractivity contribution is 6.34. The van der Waals surface area contributed by atoms with Crippen LogP contribution in [0, 0.1) is 13.8 Å². The molecule has 0 spiro atoms. The molecule has 0 aliphatic carbocycles. The molecule has 0 heterocycles. The third-order valence-electron chi connectivity index (χ3n) is 3.51. The number of hydrogen-bond donors (Lipinski definition) is 1. The zero-order chi connectivity index (χ0) is 15.6. The second-order valence-electron chi connectivity index (χ2n) is 5.67. The SMILES string of the molecule is Cc1cc(C)c(NC(=O)c2ccc(C(C)C)cc2)c(Cl)c1. The number of hydrogen-bond acceptors (Lipinski definition) is 1. The van der Waals surface area contributed by atoms with E-state index in [1.807, 2.05) is 50.2 Å². The molecule has 0 saturated heterocycles. The van der Waals surface area contributed by atoms with Gasteiger partial charge in [0.15, 0.2) is 0 Å². The van der Waals surface area contributed by atoms with Crippen molar-refractivity contribution in [3.05, 3.63) is 63.7 Å². The summed E-state index contributed by atoms with van der Waals surface area (Å²) in [6.07, 6.45) is 0. The molecule has 0 radical (unpaired) electrons. The van der Waals surface area contributed by atoms with Crippen LogP contribution in [-0.2, 0) is 0 Å². The lowest BCUT2D eigenvalue weighted by Gasteiger charge is -2.12. The second-order valence-corrected chi connectivity index (χ2v) is 6.08. The van der Waals surface area contributed by atoms with Crippen LogP contribution in [0.4, 0.5) is 5.69 Å². The molecule has 0 bridgehead atoms. The van der Waals surface area contributed by atoms with Crippen molar-refractivity contribution in [2.24, 2.45) is 0 Å². The number of carbonyl (C=O) groups excluding carboxylic acids is 1. The maximum atomic E-state index is 12.3. The summed E-state index contributed by atoms with van der Waals surface area (Å²) in [5.41, 5.74) is 4.58. The van der Waals surface area contributed by atoms with E-state index in [0.29, 0.717) is 22.2 Å². The van der Waals surface area contributed by atoms with Crippen LogP contribution in [0.25, 0.3) is 0 Å². The van der Waals surface area contributed by atoms with Gasteiger partial charge in [-0.1, -0.05) is 43.6 Å². The molecule has 3 heteroatoms. The van der Waals surface area contributed by atoms with E-state index in [1.165, 1.54) is 5.56 Å². The average molecular weight is 302 g/mol. The first-order chi connectivity index (χ1) is 9.88. The van der Waals surface area contributed by atoms with Crippen molar-refractivity contribution >= 4 is 23.2 Å². The van der Waals surface area contributed by atoms with E-state index in [1.54, 1.807) is 0 Å². The summed E-state index contributed by atoms with van der Waals surface area (Å²) >= 11 is 6.22. The molecule has 0 aromatic heterocycles. The summed E-state index contributed by atoms with van der Waals surface area (Å²) in [6.45, 7) is 8.18. The zero-order valence-corrected chi connectivity index (χ0v) is 13.6. The maximum Gasteiger partial charge on any atom is 0.255 e. The molecular formula is C18H20ClNO. The Morgan fingerprint density at radius 2 is 1.71 bits per heavy atom. The monoisotopic (exact) mass is 301 g/mol. The third kappa shape index (κ3) is 3.64. The van der Waals surface area contributed by atoms with Gasteiger partial charge in [-0.15, -0.1) is 0 Å². The highest BCUT2D eigenvalue weighted by atomic mass is 35.5. The normalized spacial score (nSPS) is 10.8. The number of nitrogens with one attached hydrogen (secondary N) is 1. The van der Waals surface area contributed by atoms with Crippen molar-refractivity contribution < 1.29 is 4.79 Å². The van der Waals surface area contributed by atoms with E-state index in [9.17, 15) is 4.79 Å². The molecule has 2 aromatic rings. The molecule has 1 amide bonds. The third-order valence-corrected chi connectivity index (χ3v) is 3.81. The number of carbonyl (C=O) groups is 1. The molecule has 21 heavy (non-hydrogen) atoms. The Balaban J connectivity index is 2.22. The number of rotatable bonds is 3. The lowest BCUT2D eigenvalue weighted by atomic mass is 10.0. The standard InChI is InChI=1S/C18H20ClNO/c1-11(2)14-5-7-15(8-6-14)18(21)20-17-13(4)9-12(3)10-16(17)19/h5-11H,1-4H3,(H,20,21). The Morgan fingerprint density at radius 3 is 2.24 bits per heavy atom. The van der Waals surface area contributed by atoms with Crippen LogP contribution in [0.5, 0.6) is 0 Å². The van der Waals surface area contributed by atoms with Crippen LogP contribution >= 0.6 is 11.6 Å². The maximum absolute atomic E-state index is 12.3. The summed E-state index contributed by atoms with van der Waals surface area (Å²) in [6, 6.07) is 11.5. The molecular weight excluding hydrogens is 282 g/mol. The fourth-order valence-corrected chi connectivity index (χ4v) is 2.65. The van der Waals surface area contributed by atoms with Crippen LogP contribution < -0.4 is 5.32 Å². The molecule has 0 unspecified atom stereocenters. The molecule has 2 nitrogen and oxygen atoms in total. The van der Waals surface area contributed by atoms with Gasteiger partial charge in [-0.25, -0.2) is 0 Å². The fourth-order valence-electron chi connectivity index (χ4n) is 2.28. The first kappa shape index (κ1) is 15.6. The second kappa shape index (κ2) is 6.31. The molecule has 0 saturated carbocycles. The summed E-state index contributed by atoms with van der Waals surface area (Å²) in [5, 5.41) is 3.47. The predicted molar refractivity (Wildman–Crippen MR) is 89.4 cm³/mol. The molecule has 2 rings (SSSR count). The van der Waals surface area contributed by atoms with Gasteiger partial charge in [0.2, 0.25) is 0 Å². The Morgan fingerprint density at radius 1 is 1.10 bits per heavy atom. The Bertz CT molecular complexity index is 636. The van der Waals surface area contributed by atoms with E-state index in [2.05, 4.69) is 19.2 Å². The summed E-state index contributed by atoms with van der Waals surface area (Å²) < 4.78 is 0. The van der Waals surface area contributed by atoms with Crippen LogP contribution in [0.3, 0.4) is 0 Å². The van der Waals surface area contributed by atoms with Crippen LogP contribution in [0.1, 0.15) is 46.8 Å². The molecule has 2 aromatic carbocycles. The number of aryl methyl sites for hydroxylation is 2. The minimum absolute atomic E-state index is 0.140. The first-order valence-corrected chi connectivity index (χ1v) is 7.44. The summed E-state index contributed by atoms with van der Waals surface area (Å²) in [7, 11) is 0. The van der Waals surface area contributed by atoms with Gasteiger partial charge in [0.1, 0.15) is 0 Å². The van der Waals surface area contributed by atoms with Gasteiger partial charge in [0, 0.05) is 5.56 Å². The minimum atomic E-state index is -0.140. The number of benzene rings is 2. The Kier molecular flexibility index (Phi) is 4.69. The molecule has 110 valence electrons. The Hall–Kier alpha value is -1.80. The molecule has 0 atom stereocenters. The smallest absolute Gasteiger partial charge is 0.255 e. The van der Waals surface area contributed by atoms with E-state index in [4.69, 9.17) is 11.6 Å².